The Morgan fingerprint density at radius 2 is 1.95 bits per heavy atom. The van der Waals surface area contributed by atoms with Crippen LogP contribution in [-0.2, 0) is 27.9 Å². The molecule has 0 saturated carbocycles. The average Bonchev–Trinajstić information content (AvgIpc) is 2.35. The third-order valence-corrected chi connectivity index (χ3v) is 6.25. The van der Waals surface area contributed by atoms with Crippen molar-refractivity contribution in [2.45, 2.75) is 31.8 Å². The van der Waals surface area contributed by atoms with Crippen molar-refractivity contribution in [1.29, 1.82) is 0 Å². The molecular formula is C12H18ClO6PS. The second-order valence-corrected chi connectivity index (χ2v) is 8.55. The van der Waals surface area contributed by atoms with E-state index in [2.05, 4.69) is 0 Å². The van der Waals surface area contributed by atoms with Gasteiger partial charge in [-0.1, -0.05) is 23.7 Å². The molecule has 0 radical (unpaired) electrons. The van der Waals surface area contributed by atoms with E-state index in [-0.39, 0.29) is 9.92 Å². The molecule has 1 unspecified atom stereocenters. The van der Waals surface area contributed by atoms with Gasteiger partial charge in [0.25, 0.3) is 10.1 Å². The fraction of sp³-hybridized carbons (Fsp3) is 0.500. The summed E-state index contributed by atoms with van der Waals surface area (Å²) < 4.78 is 51.2. The third kappa shape index (κ3) is 5.06. The van der Waals surface area contributed by atoms with Crippen LogP contribution in [-0.4, -0.2) is 28.0 Å². The van der Waals surface area contributed by atoms with Crippen molar-refractivity contribution in [3.63, 3.8) is 0 Å². The number of rotatable bonds is 7. The van der Waals surface area contributed by atoms with E-state index in [1.54, 1.807) is 32.9 Å². The van der Waals surface area contributed by atoms with Gasteiger partial charge in [-0.3, -0.25) is 8.75 Å². The Kier molecular flexibility index (Phi) is 6.40. The van der Waals surface area contributed by atoms with Crippen LogP contribution in [0.15, 0.2) is 23.1 Å². The molecular weight excluding hydrogens is 339 g/mol. The van der Waals surface area contributed by atoms with Gasteiger partial charge >= 0.3 is 7.60 Å². The van der Waals surface area contributed by atoms with Crippen LogP contribution in [0.2, 0.25) is 5.02 Å². The van der Waals surface area contributed by atoms with Crippen LogP contribution in [0.1, 0.15) is 19.4 Å². The summed E-state index contributed by atoms with van der Waals surface area (Å²) >= 11 is 5.89. The molecule has 1 aromatic carbocycles. The van der Waals surface area contributed by atoms with Gasteiger partial charge in [0.05, 0.1) is 11.1 Å². The molecule has 0 saturated heterocycles. The minimum atomic E-state index is -4.16. The molecule has 6 nitrogen and oxygen atoms in total. The van der Waals surface area contributed by atoms with Gasteiger partial charge in [-0.2, -0.15) is 8.42 Å². The van der Waals surface area contributed by atoms with Crippen LogP contribution in [0.25, 0.3) is 0 Å². The Labute approximate surface area is 130 Å². The topological polar surface area (TPSA) is 78.9 Å². The van der Waals surface area contributed by atoms with Gasteiger partial charge in [-0.05, 0) is 32.4 Å². The van der Waals surface area contributed by atoms with E-state index < -0.39 is 30.2 Å². The van der Waals surface area contributed by atoms with Gasteiger partial charge in [0.2, 0.25) is 0 Å². The summed E-state index contributed by atoms with van der Waals surface area (Å²) in [7, 11) is -6.65. The van der Waals surface area contributed by atoms with Gasteiger partial charge in [-0.15, -0.1) is 0 Å². The molecule has 9 heteroatoms. The summed E-state index contributed by atoms with van der Waals surface area (Å²) in [5, 5.41) is 0.0343. The molecule has 0 spiro atoms. The molecule has 1 atom stereocenters. The first kappa shape index (κ1) is 18.6. The summed E-state index contributed by atoms with van der Waals surface area (Å²) in [5.41, 5.74) is 0.430. The Hall–Kier alpha value is -0.430. The van der Waals surface area contributed by atoms with Crippen LogP contribution in [0.3, 0.4) is 0 Å². The van der Waals surface area contributed by atoms with Gasteiger partial charge in [-0.25, -0.2) is 0 Å². The molecule has 120 valence electrons. The van der Waals surface area contributed by atoms with Gasteiger partial charge < -0.3 is 9.05 Å². The van der Waals surface area contributed by atoms with Gasteiger partial charge in [0.1, 0.15) is 4.90 Å². The lowest BCUT2D eigenvalue weighted by Gasteiger charge is -2.19. The van der Waals surface area contributed by atoms with Crippen molar-refractivity contribution in [2.75, 3.05) is 13.5 Å². The van der Waals surface area contributed by atoms with Crippen molar-refractivity contribution in [2.24, 2.45) is 0 Å². The highest BCUT2D eigenvalue weighted by Gasteiger charge is 2.30. The summed E-state index contributed by atoms with van der Waals surface area (Å²) in [4.78, 5) is -0.154. The molecule has 0 bridgehead atoms. The monoisotopic (exact) mass is 356 g/mol. The Morgan fingerprint density at radius 1 is 1.33 bits per heavy atom. The first-order valence-corrected chi connectivity index (χ1v) is 9.60. The number of halogens is 1. The lowest BCUT2D eigenvalue weighted by atomic mass is 10.2. The molecule has 21 heavy (non-hydrogen) atoms. The smallest absolute Gasteiger partial charge is 0.310 e. The first-order valence-electron chi connectivity index (χ1n) is 6.09. The van der Waals surface area contributed by atoms with E-state index in [0.717, 1.165) is 0 Å². The predicted molar refractivity (Wildman–Crippen MR) is 80.2 cm³/mol. The average molecular weight is 357 g/mol. The molecule has 0 heterocycles. The fourth-order valence-corrected chi connectivity index (χ4v) is 4.93. The third-order valence-electron chi connectivity index (χ3n) is 2.43. The summed E-state index contributed by atoms with van der Waals surface area (Å²) in [6.45, 7) is 4.89. The van der Waals surface area contributed by atoms with Gasteiger partial charge in [0, 0.05) is 7.11 Å². The SMILES string of the molecule is COP(=O)(COS(=O)(=O)c1c(C)cccc1Cl)OC(C)C. The number of benzene rings is 1. The Bertz CT molecular complexity index is 623. The van der Waals surface area contributed by atoms with Crippen LogP contribution in [0.5, 0.6) is 0 Å². The zero-order valence-electron chi connectivity index (χ0n) is 12.2. The minimum absolute atomic E-state index is 0.0343. The molecule has 0 fully saturated rings. The van der Waals surface area contributed by atoms with E-state index in [1.165, 1.54) is 13.2 Å². The summed E-state index contributed by atoms with van der Waals surface area (Å²) in [6.07, 6.45) is -1.11. The molecule has 0 amide bonds. The van der Waals surface area contributed by atoms with E-state index in [9.17, 15) is 13.0 Å². The highest BCUT2D eigenvalue weighted by molar-refractivity contribution is 7.87. The van der Waals surface area contributed by atoms with E-state index in [4.69, 9.17) is 24.8 Å². The first-order chi connectivity index (χ1) is 9.61. The standard InChI is InChI=1S/C12H18ClO6PS/c1-9(2)19-20(14,17-4)8-18-21(15,16)12-10(3)6-5-7-11(12)13/h5-7,9H,8H2,1-4H3. The zero-order valence-corrected chi connectivity index (χ0v) is 14.7. The second kappa shape index (κ2) is 7.22. The Morgan fingerprint density at radius 3 is 2.43 bits per heavy atom. The largest absolute Gasteiger partial charge is 0.357 e. The quantitative estimate of drug-likeness (QED) is 0.549. The van der Waals surface area contributed by atoms with Gasteiger partial charge in [0.15, 0.2) is 6.35 Å². The maximum atomic E-state index is 12.2. The summed E-state index contributed by atoms with van der Waals surface area (Å²) in [5.74, 6) is 0. The maximum absolute atomic E-state index is 12.2. The van der Waals surface area contributed by atoms with Crippen molar-refractivity contribution < 1.29 is 26.2 Å². The number of hydrogen-bond donors (Lipinski definition) is 0. The van der Waals surface area contributed by atoms with Crippen molar-refractivity contribution >= 4 is 29.3 Å². The highest BCUT2D eigenvalue weighted by atomic mass is 35.5. The van der Waals surface area contributed by atoms with Crippen molar-refractivity contribution in [3.8, 4) is 0 Å². The number of aryl methyl sites for hydroxylation is 1. The zero-order chi connectivity index (χ0) is 16.3. The molecule has 1 rings (SSSR count). The lowest BCUT2D eigenvalue weighted by molar-refractivity contribution is 0.171. The van der Waals surface area contributed by atoms with Crippen LogP contribution in [0, 0.1) is 6.92 Å². The highest BCUT2D eigenvalue weighted by Crippen LogP contribution is 2.49. The minimum Gasteiger partial charge on any atom is -0.310 e. The lowest BCUT2D eigenvalue weighted by Crippen LogP contribution is -2.13. The molecule has 0 aliphatic heterocycles. The van der Waals surface area contributed by atoms with Crippen LogP contribution < -0.4 is 0 Å². The van der Waals surface area contributed by atoms with E-state index in [0.29, 0.717) is 5.56 Å². The second-order valence-electron chi connectivity index (χ2n) is 4.53. The summed E-state index contributed by atoms with van der Waals surface area (Å²) in [6, 6.07) is 4.65. The fourth-order valence-electron chi connectivity index (χ4n) is 1.57. The van der Waals surface area contributed by atoms with Crippen LogP contribution >= 0.6 is 19.2 Å². The van der Waals surface area contributed by atoms with Crippen molar-refractivity contribution in [3.05, 3.63) is 28.8 Å². The van der Waals surface area contributed by atoms with E-state index >= 15 is 0 Å². The normalized spacial score (nSPS) is 15.1. The Balaban J connectivity index is 2.99. The predicted octanol–water partition coefficient (Wildman–Crippen LogP) is 3.58. The molecule has 0 aliphatic rings. The molecule has 1 aromatic rings. The molecule has 0 aliphatic carbocycles. The van der Waals surface area contributed by atoms with Crippen molar-refractivity contribution in [1.82, 2.24) is 0 Å². The van der Waals surface area contributed by atoms with Crippen LogP contribution in [0.4, 0.5) is 0 Å². The maximum Gasteiger partial charge on any atom is 0.357 e. The number of hydrogen-bond acceptors (Lipinski definition) is 6. The molecule has 0 aromatic heterocycles. The molecule has 0 N–H and O–H groups in total. The van der Waals surface area contributed by atoms with E-state index in [1.807, 2.05) is 0 Å².